The molecular formula is C12H20N4O2. The fraction of sp³-hybridized carbons (Fsp3) is 0.667. The Balaban J connectivity index is 1.90. The van der Waals surface area contributed by atoms with Crippen LogP contribution >= 0.6 is 0 Å². The van der Waals surface area contributed by atoms with Crippen molar-refractivity contribution < 1.29 is 9.84 Å². The molecule has 6 nitrogen and oxygen atoms in total. The Kier molecular flexibility index (Phi) is 4.33. The zero-order chi connectivity index (χ0) is 12.8. The van der Waals surface area contributed by atoms with E-state index in [1.165, 1.54) is 0 Å². The lowest BCUT2D eigenvalue weighted by atomic mass is 9.94. The van der Waals surface area contributed by atoms with Gasteiger partial charge in [0, 0.05) is 39.1 Å². The van der Waals surface area contributed by atoms with Crippen LogP contribution in [0.1, 0.15) is 19.8 Å². The Morgan fingerprint density at radius 2 is 1.94 bits per heavy atom. The van der Waals surface area contributed by atoms with Crippen molar-refractivity contribution >= 4 is 11.6 Å². The number of rotatable bonds is 5. The first-order chi connectivity index (χ1) is 8.72. The van der Waals surface area contributed by atoms with Crippen LogP contribution in [0.4, 0.5) is 11.6 Å². The van der Waals surface area contributed by atoms with Crippen molar-refractivity contribution in [3.05, 3.63) is 12.4 Å². The van der Waals surface area contributed by atoms with E-state index in [4.69, 9.17) is 4.74 Å². The smallest absolute Gasteiger partial charge is 0.147 e. The standard InChI is InChI=1S/C12H20N4O2/c1-2-14-10-7-13-8-11(16-10)15-9-12(17)3-5-18-6-4-12/h7-8,17H,2-6,9H2,1H3,(H2,14,15,16). The van der Waals surface area contributed by atoms with E-state index in [1.54, 1.807) is 12.4 Å². The fourth-order valence-electron chi connectivity index (χ4n) is 1.90. The number of nitrogens with zero attached hydrogens (tertiary/aromatic N) is 2. The van der Waals surface area contributed by atoms with E-state index in [1.807, 2.05) is 6.92 Å². The maximum atomic E-state index is 10.3. The van der Waals surface area contributed by atoms with Gasteiger partial charge in [0.05, 0.1) is 18.0 Å². The molecule has 1 fully saturated rings. The number of anilines is 2. The first-order valence-electron chi connectivity index (χ1n) is 6.32. The lowest BCUT2D eigenvalue weighted by Gasteiger charge is -2.32. The van der Waals surface area contributed by atoms with Gasteiger partial charge in [-0.25, -0.2) is 4.98 Å². The predicted octanol–water partition coefficient (Wildman–Crippen LogP) is 0.862. The molecule has 18 heavy (non-hydrogen) atoms. The van der Waals surface area contributed by atoms with Crippen molar-refractivity contribution in [2.75, 3.05) is 36.9 Å². The van der Waals surface area contributed by atoms with Gasteiger partial charge >= 0.3 is 0 Å². The topological polar surface area (TPSA) is 79.3 Å². The van der Waals surface area contributed by atoms with Crippen molar-refractivity contribution in [3.63, 3.8) is 0 Å². The summed E-state index contributed by atoms with van der Waals surface area (Å²) in [6.07, 6.45) is 4.64. The maximum Gasteiger partial charge on any atom is 0.147 e. The van der Waals surface area contributed by atoms with Gasteiger partial charge in [0.25, 0.3) is 0 Å². The zero-order valence-corrected chi connectivity index (χ0v) is 10.6. The van der Waals surface area contributed by atoms with Crippen molar-refractivity contribution in [1.82, 2.24) is 9.97 Å². The third-order valence-electron chi connectivity index (χ3n) is 3.01. The van der Waals surface area contributed by atoms with Crippen LogP contribution in [-0.2, 0) is 4.74 Å². The third kappa shape index (κ3) is 3.54. The summed E-state index contributed by atoms with van der Waals surface area (Å²) < 4.78 is 5.24. The van der Waals surface area contributed by atoms with Crippen LogP contribution in [0.2, 0.25) is 0 Å². The fourth-order valence-corrected chi connectivity index (χ4v) is 1.90. The van der Waals surface area contributed by atoms with E-state index < -0.39 is 5.60 Å². The Hall–Kier alpha value is -1.40. The Morgan fingerprint density at radius 3 is 2.61 bits per heavy atom. The van der Waals surface area contributed by atoms with Gasteiger partial charge in [-0.1, -0.05) is 0 Å². The second-order valence-corrected chi connectivity index (χ2v) is 4.51. The van der Waals surface area contributed by atoms with Crippen LogP contribution in [0.15, 0.2) is 12.4 Å². The van der Waals surface area contributed by atoms with Crippen LogP contribution in [0.25, 0.3) is 0 Å². The van der Waals surface area contributed by atoms with Crippen LogP contribution < -0.4 is 10.6 Å². The molecule has 1 saturated heterocycles. The summed E-state index contributed by atoms with van der Waals surface area (Å²) in [4.78, 5) is 8.45. The number of aliphatic hydroxyl groups is 1. The normalized spacial score (nSPS) is 18.3. The van der Waals surface area contributed by atoms with Crippen LogP contribution in [0, 0.1) is 0 Å². The Bertz CT molecular complexity index is 380. The minimum absolute atomic E-state index is 0.473. The highest BCUT2D eigenvalue weighted by Crippen LogP contribution is 2.20. The molecule has 0 aliphatic carbocycles. The van der Waals surface area contributed by atoms with Gasteiger partial charge in [0.15, 0.2) is 0 Å². The highest BCUT2D eigenvalue weighted by molar-refractivity contribution is 5.41. The molecule has 0 radical (unpaired) electrons. The lowest BCUT2D eigenvalue weighted by Crippen LogP contribution is -2.42. The average Bonchev–Trinajstić information content (AvgIpc) is 2.38. The molecule has 3 N–H and O–H groups in total. The largest absolute Gasteiger partial charge is 0.388 e. The molecule has 2 rings (SSSR count). The van der Waals surface area contributed by atoms with Gasteiger partial charge in [0.1, 0.15) is 11.6 Å². The van der Waals surface area contributed by atoms with E-state index in [2.05, 4.69) is 20.6 Å². The summed E-state index contributed by atoms with van der Waals surface area (Å²) in [6.45, 7) is 4.51. The van der Waals surface area contributed by atoms with Gasteiger partial charge in [-0.15, -0.1) is 0 Å². The number of ether oxygens (including phenoxy) is 1. The molecule has 0 saturated carbocycles. The summed E-state index contributed by atoms with van der Waals surface area (Å²) in [5.74, 6) is 1.41. The summed E-state index contributed by atoms with van der Waals surface area (Å²) >= 11 is 0. The number of aromatic nitrogens is 2. The van der Waals surface area contributed by atoms with Gasteiger partial charge < -0.3 is 20.5 Å². The molecule has 0 atom stereocenters. The van der Waals surface area contributed by atoms with Crippen molar-refractivity contribution in [2.45, 2.75) is 25.4 Å². The van der Waals surface area contributed by atoms with Crippen LogP contribution in [0.5, 0.6) is 0 Å². The molecule has 0 unspecified atom stereocenters. The van der Waals surface area contributed by atoms with Crippen molar-refractivity contribution in [3.8, 4) is 0 Å². The van der Waals surface area contributed by atoms with E-state index in [0.717, 1.165) is 12.4 Å². The minimum Gasteiger partial charge on any atom is -0.388 e. The van der Waals surface area contributed by atoms with Gasteiger partial charge in [-0.05, 0) is 6.92 Å². The Labute approximate surface area is 107 Å². The molecule has 1 aliphatic heterocycles. The van der Waals surface area contributed by atoms with Gasteiger partial charge in [-0.2, -0.15) is 0 Å². The first kappa shape index (κ1) is 13.0. The molecule has 0 spiro atoms. The molecule has 100 valence electrons. The zero-order valence-electron chi connectivity index (χ0n) is 10.6. The SMILES string of the molecule is CCNc1cncc(NCC2(O)CCOCC2)n1. The number of hydrogen-bond donors (Lipinski definition) is 3. The Morgan fingerprint density at radius 1 is 1.28 bits per heavy atom. The van der Waals surface area contributed by atoms with E-state index in [9.17, 15) is 5.11 Å². The second kappa shape index (κ2) is 5.97. The highest BCUT2D eigenvalue weighted by Gasteiger charge is 2.29. The van der Waals surface area contributed by atoms with E-state index in [0.29, 0.717) is 38.4 Å². The molecule has 2 heterocycles. The maximum absolute atomic E-state index is 10.3. The van der Waals surface area contributed by atoms with Crippen molar-refractivity contribution in [1.29, 1.82) is 0 Å². The summed E-state index contributed by atoms with van der Waals surface area (Å²) in [5, 5.41) is 16.5. The summed E-state index contributed by atoms with van der Waals surface area (Å²) in [6, 6.07) is 0. The van der Waals surface area contributed by atoms with Crippen LogP contribution in [0.3, 0.4) is 0 Å². The number of nitrogens with one attached hydrogen (secondary N) is 2. The molecular weight excluding hydrogens is 232 g/mol. The van der Waals surface area contributed by atoms with Crippen molar-refractivity contribution in [2.24, 2.45) is 0 Å². The molecule has 1 aromatic rings. The second-order valence-electron chi connectivity index (χ2n) is 4.51. The molecule has 0 aromatic carbocycles. The molecule has 0 amide bonds. The molecule has 1 aliphatic rings. The monoisotopic (exact) mass is 252 g/mol. The van der Waals surface area contributed by atoms with E-state index >= 15 is 0 Å². The molecule has 0 bridgehead atoms. The van der Waals surface area contributed by atoms with Crippen LogP contribution in [-0.4, -0.2) is 47.0 Å². The molecule has 6 heteroatoms. The lowest BCUT2D eigenvalue weighted by molar-refractivity contribution is -0.0543. The van der Waals surface area contributed by atoms with Gasteiger partial charge in [0.2, 0.25) is 0 Å². The van der Waals surface area contributed by atoms with E-state index in [-0.39, 0.29) is 0 Å². The highest BCUT2D eigenvalue weighted by atomic mass is 16.5. The average molecular weight is 252 g/mol. The minimum atomic E-state index is -0.700. The quantitative estimate of drug-likeness (QED) is 0.721. The van der Waals surface area contributed by atoms with Gasteiger partial charge in [-0.3, -0.25) is 4.98 Å². The summed E-state index contributed by atoms with van der Waals surface area (Å²) in [5.41, 5.74) is -0.700. The predicted molar refractivity (Wildman–Crippen MR) is 69.7 cm³/mol. The number of hydrogen-bond acceptors (Lipinski definition) is 6. The first-order valence-corrected chi connectivity index (χ1v) is 6.32. The molecule has 1 aromatic heterocycles. The summed E-state index contributed by atoms with van der Waals surface area (Å²) in [7, 11) is 0. The third-order valence-corrected chi connectivity index (χ3v) is 3.01.